The van der Waals surface area contributed by atoms with Gasteiger partial charge in [-0.25, -0.2) is 0 Å². The molecule has 4 rings (SSSR count). The Morgan fingerprint density at radius 1 is 1.00 bits per heavy atom. The molecule has 3 saturated carbocycles. The molecular formula is C29H46O. The van der Waals surface area contributed by atoms with Crippen LogP contribution >= 0.6 is 0 Å². The van der Waals surface area contributed by atoms with Crippen molar-refractivity contribution >= 4 is 5.78 Å². The first kappa shape index (κ1) is 22.3. The summed E-state index contributed by atoms with van der Waals surface area (Å²) < 4.78 is 0. The zero-order chi connectivity index (χ0) is 21.7. The molecule has 0 aliphatic heterocycles. The van der Waals surface area contributed by atoms with Crippen LogP contribution < -0.4 is 0 Å². The van der Waals surface area contributed by atoms with E-state index >= 15 is 0 Å². The molecule has 0 saturated heterocycles. The maximum atomic E-state index is 12.1. The minimum Gasteiger partial charge on any atom is -0.295 e. The molecule has 0 N–H and O–H groups in total. The van der Waals surface area contributed by atoms with Gasteiger partial charge in [0.1, 0.15) is 0 Å². The topological polar surface area (TPSA) is 17.1 Å². The normalized spacial score (nSPS) is 43.2. The summed E-state index contributed by atoms with van der Waals surface area (Å²) in [6.07, 6.45) is 18.5. The van der Waals surface area contributed by atoms with Gasteiger partial charge in [-0.3, -0.25) is 4.79 Å². The number of hydrogen-bond donors (Lipinski definition) is 0. The van der Waals surface area contributed by atoms with E-state index in [0.717, 1.165) is 48.3 Å². The van der Waals surface area contributed by atoms with Crippen molar-refractivity contribution in [1.29, 1.82) is 0 Å². The average molecular weight is 411 g/mol. The van der Waals surface area contributed by atoms with Crippen molar-refractivity contribution in [3.63, 3.8) is 0 Å². The van der Waals surface area contributed by atoms with E-state index in [9.17, 15) is 4.79 Å². The molecule has 0 aromatic rings. The molecule has 0 radical (unpaired) electrons. The van der Waals surface area contributed by atoms with Gasteiger partial charge in [-0.1, -0.05) is 59.3 Å². The highest BCUT2D eigenvalue weighted by Gasteiger charge is 2.59. The van der Waals surface area contributed by atoms with Gasteiger partial charge in [0.15, 0.2) is 5.78 Å². The fraction of sp³-hybridized carbons (Fsp3) is 0.828. The van der Waals surface area contributed by atoms with Crippen LogP contribution in [-0.4, -0.2) is 5.78 Å². The van der Waals surface area contributed by atoms with Crippen LogP contribution in [0.3, 0.4) is 0 Å². The van der Waals surface area contributed by atoms with E-state index < -0.39 is 0 Å². The van der Waals surface area contributed by atoms with Gasteiger partial charge < -0.3 is 0 Å². The summed E-state index contributed by atoms with van der Waals surface area (Å²) in [5, 5.41) is 0. The van der Waals surface area contributed by atoms with Crippen molar-refractivity contribution in [2.24, 2.45) is 52.3 Å². The molecule has 4 aliphatic rings. The van der Waals surface area contributed by atoms with Gasteiger partial charge in [-0.2, -0.15) is 0 Å². The number of rotatable bonds is 5. The molecule has 0 heterocycles. The summed E-state index contributed by atoms with van der Waals surface area (Å²) >= 11 is 0. The highest BCUT2D eigenvalue weighted by Crippen LogP contribution is 2.67. The standard InChI is InChI=1S/C29H46O/c1-7-21(19(2)3)9-8-20(4)25-12-13-26-24-11-10-22-18-23(30)14-16-28(22,5)27(24)15-17-29(25,26)6/h8-9,18-21,24-27H,7,10-17H2,1-6H3/b9-8+/t20-,21+,24-,25+,26-,27-,28+,29-/m1/s1. The lowest BCUT2D eigenvalue weighted by Crippen LogP contribution is -2.50. The van der Waals surface area contributed by atoms with Gasteiger partial charge in [-0.05, 0) is 110 Å². The Morgan fingerprint density at radius 3 is 2.47 bits per heavy atom. The molecule has 0 aromatic carbocycles. The number of carbonyl (C=O) groups excluding carboxylic acids is 1. The Bertz CT molecular complexity index is 714. The largest absolute Gasteiger partial charge is 0.295 e. The summed E-state index contributed by atoms with van der Waals surface area (Å²) in [4.78, 5) is 12.1. The van der Waals surface area contributed by atoms with Crippen molar-refractivity contribution < 1.29 is 4.79 Å². The van der Waals surface area contributed by atoms with Gasteiger partial charge in [0, 0.05) is 6.42 Å². The quantitative estimate of drug-likeness (QED) is 0.419. The molecule has 30 heavy (non-hydrogen) atoms. The Balaban J connectivity index is 1.52. The van der Waals surface area contributed by atoms with Crippen molar-refractivity contribution in [2.75, 3.05) is 0 Å². The highest BCUT2D eigenvalue weighted by molar-refractivity contribution is 5.91. The molecule has 168 valence electrons. The third kappa shape index (κ3) is 3.57. The molecule has 0 bridgehead atoms. The Morgan fingerprint density at radius 2 is 1.77 bits per heavy atom. The first-order valence-corrected chi connectivity index (χ1v) is 13.1. The molecule has 8 atom stereocenters. The van der Waals surface area contributed by atoms with Crippen molar-refractivity contribution in [3.05, 3.63) is 23.8 Å². The van der Waals surface area contributed by atoms with Crippen LogP contribution in [0.15, 0.2) is 23.8 Å². The SMILES string of the molecule is CC[C@@H](/C=C/[C@@H](C)[C@@H]1CC[C@@H]2[C@H]3CCC4=CC(=O)CC[C@]4(C)[C@@H]3CC[C@@]21C)C(C)C. The molecule has 0 amide bonds. The number of hydrogen-bond acceptors (Lipinski definition) is 1. The summed E-state index contributed by atoms with van der Waals surface area (Å²) in [6, 6.07) is 0. The Hall–Kier alpha value is -0.850. The van der Waals surface area contributed by atoms with Crippen LogP contribution in [0.2, 0.25) is 0 Å². The lowest BCUT2D eigenvalue weighted by Gasteiger charge is -2.58. The van der Waals surface area contributed by atoms with Crippen molar-refractivity contribution in [3.8, 4) is 0 Å². The monoisotopic (exact) mass is 410 g/mol. The molecule has 3 fully saturated rings. The fourth-order valence-electron chi connectivity index (χ4n) is 8.75. The van der Waals surface area contributed by atoms with Gasteiger partial charge >= 0.3 is 0 Å². The molecule has 1 heteroatoms. The van der Waals surface area contributed by atoms with Gasteiger partial charge in [0.25, 0.3) is 0 Å². The van der Waals surface area contributed by atoms with Crippen LogP contribution in [0, 0.1) is 52.3 Å². The third-order valence-electron chi connectivity index (χ3n) is 10.7. The van der Waals surface area contributed by atoms with Gasteiger partial charge in [0.05, 0.1) is 0 Å². The van der Waals surface area contributed by atoms with Gasteiger partial charge in [0.2, 0.25) is 0 Å². The summed E-state index contributed by atoms with van der Waals surface area (Å²) in [5.41, 5.74) is 2.34. The van der Waals surface area contributed by atoms with Gasteiger partial charge in [-0.15, -0.1) is 0 Å². The van der Waals surface area contributed by atoms with Crippen LogP contribution in [0.25, 0.3) is 0 Å². The van der Waals surface area contributed by atoms with Crippen LogP contribution in [-0.2, 0) is 4.79 Å². The second-order valence-electron chi connectivity index (χ2n) is 12.3. The average Bonchev–Trinajstić information content (AvgIpc) is 3.06. The first-order chi connectivity index (χ1) is 14.2. The van der Waals surface area contributed by atoms with Crippen molar-refractivity contribution in [1.82, 2.24) is 0 Å². The van der Waals surface area contributed by atoms with Crippen LogP contribution in [0.1, 0.15) is 99.3 Å². The first-order valence-electron chi connectivity index (χ1n) is 13.1. The predicted molar refractivity (Wildman–Crippen MR) is 127 cm³/mol. The number of fused-ring (bicyclic) bond motifs is 5. The minimum absolute atomic E-state index is 0.313. The van der Waals surface area contributed by atoms with E-state index in [-0.39, 0.29) is 0 Å². The van der Waals surface area contributed by atoms with E-state index in [1.54, 1.807) is 0 Å². The van der Waals surface area contributed by atoms with Crippen molar-refractivity contribution in [2.45, 2.75) is 99.3 Å². The van der Waals surface area contributed by atoms with E-state index in [2.05, 4.69) is 59.8 Å². The molecule has 1 nitrogen and oxygen atoms in total. The number of carbonyl (C=O) groups is 1. The number of ketones is 1. The Kier molecular flexibility index (Phi) is 6.15. The second kappa shape index (κ2) is 8.25. The van der Waals surface area contributed by atoms with E-state index in [1.165, 1.54) is 50.5 Å². The van der Waals surface area contributed by atoms with Crippen LogP contribution in [0.5, 0.6) is 0 Å². The lowest BCUT2D eigenvalue weighted by molar-refractivity contribution is -0.117. The van der Waals surface area contributed by atoms with E-state index in [1.807, 2.05) is 0 Å². The second-order valence-corrected chi connectivity index (χ2v) is 12.3. The van der Waals surface area contributed by atoms with E-state index in [4.69, 9.17) is 0 Å². The summed E-state index contributed by atoms with van der Waals surface area (Å²) in [6.45, 7) is 14.7. The maximum Gasteiger partial charge on any atom is 0.155 e. The Labute approximate surface area is 186 Å². The number of allylic oxidation sites excluding steroid dienone is 3. The molecule has 4 aliphatic carbocycles. The summed E-state index contributed by atoms with van der Waals surface area (Å²) in [7, 11) is 0. The fourth-order valence-corrected chi connectivity index (χ4v) is 8.75. The predicted octanol–water partition coefficient (Wildman–Crippen LogP) is 8.01. The molecule has 0 unspecified atom stereocenters. The molecule has 0 spiro atoms. The highest BCUT2D eigenvalue weighted by atomic mass is 16.1. The smallest absolute Gasteiger partial charge is 0.155 e. The minimum atomic E-state index is 0.313. The zero-order valence-corrected chi connectivity index (χ0v) is 20.5. The zero-order valence-electron chi connectivity index (χ0n) is 20.5. The summed E-state index contributed by atoms with van der Waals surface area (Å²) in [5.74, 6) is 6.01. The van der Waals surface area contributed by atoms with Crippen LogP contribution in [0.4, 0.5) is 0 Å². The molecule has 0 aromatic heterocycles. The molecular weight excluding hydrogens is 364 g/mol. The third-order valence-corrected chi connectivity index (χ3v) is 10.7. The van der Waals surface area contributed by atoms with E-state index in [0.29, 0.717) is 22.5 Å². The lowest BCUT2D eigenvalue weighted by atomic mass is 9.46. The maximum absolute atomic E-state index is 12.1.